The van der Waals surface area contributed by atoms with Crippen LogP contribution in [-0.2, 0) is 6.54 Å². The third-order valence-corrected chi connectivity index (χ3v) is 3.73. The molecule has 0 bridgehead atoms. The molecule has 0 aliphatic carbocycles. The molecule has 22 heavy (non-hydrogen) atoms. The minimum absolute atomic E-state index is 0. The molecule has 1 aromatic rings. The van der Waals surface area contributed by atoms with Gasteiger partial charge in [0.25, 0.3) is 0 Å². The normalized spacial score (nSPS) is 12.6. The molecule has 0 aromatic carbocycles. The lowest BCUT2D eigenvalue weighted by atomic mass is 10.2. The van der Waals surface area contributed by atoms with Crippen molar-refractivity contribution in [2.75, 3.05) is 31.6 Å². The standard InChI is InChI=1S/C15H29N5S.HI/c1-4-16-15(17-8-5-6-11-21-3)18-12-14(2)13-20-10-7-9-19-20;/h7,9-10,14H,4-6,8,11-13H2,1-3H3,(H2,16,17,18);1H. The highest BCUT2D eigenvalue weighted by molar-refractivity contribution is 14.0. The summed E-state index contributed by atoms with van der Waals surface area (Å²) in [5, 5.41) is 10.9. The minimum Gasteiger partial charge on any atom is -0.357 e. The number of aromatic nitrogens is 2. The van der Waals surface area contributed by atoms with E-state index in [1.807, 2.05) is 34.9 Å². The summed E-state index contributed by atoms with van der Waals surface area (Å²) in [6.45, 7) is 7.89. The van der Waals surface area contributed by atoms with Crippen LogP contribution in [0.4, 0.5) is 0 Å². The summed E-state index contributed by atoms with van der Waals surface area (Å²) in [5.41, 5.74) is 0. The lowest BCUT2D eigenvalue weighted by Gasteiger charge is -2.13. The fraction of sp³-hybridized carbons (Fsp3) is 0.733. The summed E-state index contributed by atoms with van der Waals surface area (Å²) in [6, 6.07) is 1.95. The van der Waals surface area contributed by atoms with Gasteiger partial charge in [0.05, 0.1) is 0 Å². The Bertz CT molecular complexity index is 383. The van der Waals surface area contributed by atoms with Gasteiger partial charge in [0.15, 0.2) is 5.96 Å². The van der Waals surface area contributed by atoms with E-state index in [1.54, 1.807) is 0 Å². The predicted molar refractivity (Wildman–Crippen MR) is 108 cm³/mol. The molecule has 0 saturated carbocycles. The fourth-order valence-electron chi connectivity index (χ4n) is 1.95. The topological polar surface area (TPSA) is 54.2 Å². The molecule has 0 saturated heterocycles. The van der Waals surface area contributed by atoms with Crippen LogP contribution in [0.25, 0.3) is 0 Å². The Morgan fingerprint density at radius 3 is 2.82 bits per heavy atom. The first kappa shape index (κ1) is 21.6. The molecule has 0 fully saturated rings. The quantitative estimate of drug-likeness (QED) is 0.255. The van der Waals surface area contributed by atoms with E-state index in [4.69, 9.17) is 0 Å². The summed E-state index contributed by atoms with van der Waals surface area (Å²) in [6.07, 6.45) is 8.41. The molecule has 1 unspecified atom stereocenters. The second kappa shape index (κ2) is 14.2. The Kier molecular flexibility index (Phi) is 13.9. The molecule has 2 N–H and O–H groups in total. The lowest BCUT2D eigenvalue weighted by Crippen LogP contribution is -2.38. The molecular weight excluding hydrogens is 409 g/mol. The molecule has 1 aromatic heterocycles. The van der Waals surface area contributed by atoms with Gasteiger partial charge in [-0.25, -0.2) is 0 Å². The largest absolute Gasteiger partial charge is 0.357 e. The maximum absolute atomic E-state index is 4.66. The average molecular weight is 439 g/mol. The molecule has 1 atom stereocenters. The van der Waals surface area contributed by atoms with Crippen LogP contribution in [0.5, 0.6) is 0 Å². The maximum Gasteiger partial charge on any atom is 0.191 e. The minimum atomic E-state index is 0. The number of thioether (sulfide) groups is 1. The maximum atomic E-state index is 4.66. The molecule has 0 aliphatic heterocycles. The Balaban J connectivity index is 0.00000441. The summed E-state index contributed by atoms with van der Waals surface area (Å²) in [4.78, 5) is 4.66. The van der Waals surface area contributed by atoms with Crippen molar-refractivity contribution in [2.24, 2.45) is 10.9 Å². The van der Waals surface area contributed by atoms with E-state index in [-0.39, 0.29) is 24.0 Å². The Morgan fingerprint density at radius 1 is 1.36 bits per heavy atom. The van der Waals surface area contributed by atoms with E-state index < -0.39 is 0 Å². The molecule has 0 amide bonds. The smallest absolute Gasteiger partial charge is 0.191 e. The van der Waals surface area contributed by atoms with E-state index in [2.05, 4.69) is 40.8 Å². The number of guanidine groups is 1. The van der Waals surface area contributed by atoms with Gasteiger partial charge in [-0.15, -0.1) is 24.0 Å². The highest BCUT2D eigenvalue weighted by atomic mass is 127. The van der Waals surface area contributed by atoms with E-state index in [0.29, 0.717) is 5.92 Å². The van der Waals surface area contributed by atoms with Crippen molar-refractivity contribution in [1.82, 2.24) is 20.4 Å². The first-order valence-electron chi connectivity index (χ1n) is 7.74. The van der Waals surface area contributed by atoms with E-state index in [9.17, 15) is 0 Å². The molecule has 7 heteroatoms. The van der Waals surface area contributed by atoms with E-state index >= 15 is 0 Å². The van der Waals surface area contributed by atoms with Gasteiger partial charge >= 0.3 is 0 Å². The van der Waals surface area contributed by atoms with Crippen molar-refractivity contribution in [2.45, 2.75) is 33.2 Å². The van der Waals surface area contributed by atoms with Crippen LogP contribution in [0.2, 0.25) is 0 Å². The van der Waals surface area contributed by atoms with Crippen molar-refractivity contribution in [3.8, 4) is 0 Å². The van der Waals surface area contributed by atoms with Crippen LogP contribution in [-0.4, -0.2) is 47.4 Å². The number of hydrogen-bond acceptors (Lipinski definition) is 3. The summed E-state index contributed by atoms with van der Waals surface area (Å²) in [7, 11) is 0. The van der Waals surface area contributed by atoms with Crippen molar-refractivity contribution in [3.63, 3.8) is 0 Å². The number of aliphatic imine (C=N–C) groups is 1. The first-order valence-corrected chi connectivity index (χ1v) is 9.14. The first-order chi connectivity index (χ1) is 10.3. The zero-order chi connectivity index (χ0) is 15.3. The summed E-state index contributed by atoms with van der Waals surface area (Å²) >= 11 is 1.90. The second-order valence-corrected chi connectivity index (χ2v) is 6.17. The lowest BCUT2D eigenvalue weighted by molar-refractivity contribution is 0.458. The predicted octanol–water partition coefficient (Wildman–Crippen LogP) is 2.84. The molecule has 1 rings (SSSR count). The number of rotatable bonds is 10. The van der Waals surface area contributed by atoms with Crippen molar-refractivity contribution >= 4 is 41.7 Å². The van der Waals surface area contributed by atoms with Crippen molar-refractivity contribution in [1.29, 1.82) is 0 Å². The van der Waals surface area contributed by atoms with Crippen LogP contribution in [0.3, 0.4) is 0 Å². The van der Waals surface area contributed by atoms with Gasteiger partial charge in [-0.2, -0.15) is 16.9 Å². The van der Waals surface area contributed by atoms with Crippen LogP contribution in [0.1, 0.15) is 26.7 Å². The molecule has 0 spiro atoms. The average Bonchev–Trinajstić information content (AvgIpc) is 2.97. The Labute approximate surface area is 156 Å². The molecule has 5 nitrogen and oxygen atoms in total. The van der Waals surface area contributed by atoms with Gasteiger partial charge in [-0.3, -0.25) is 9.67 Å². The van der Waals surface area contributed by atoms with Crippen LogP contribution in [0.15, 0.2) is 23.5 Å². The van der Waals surface area contributed by atoms with Crippen LogP contribution in [0, 0.1) is 5.92 Å². The van der Waals surface area contributed by atoms with Crippen LogP contribution < -0.4 is 10.6 Å². The molecule has 0 radical (unpaired) electrons. The van der Waals surface area contributed by atoms with Gasteiger partial charge < -0.3 is 10.6 Å². The third-order valence-electron chi connectivity index (χ3n) is 3.03. The monoisotopic (exact) mass is 439 g/mol. The summed E-state index contributed by atoms with van der Waals surface area (Å²) in [5.74, 6) is 2.63. The summed E-state index contributed by atoms with van der Waals surface area (Å²) < 4.78 is 1.96. The zero-order valence-electron chi connectivity index (χ0n) is 13.9. The fourth-order valence-corrected chi connectivity index (χ4v) is 2.45. The molecular formula is C15H30IN5S. The van der Waals surface area contributed by atoms with Gasteiger partial charge in [0.1, 0.15) is 0 Å². The highest BCUT2D eigenvalue weighted by Crippen LogP contribution is 2.00. The molecule has 1 heterocycles. The zero-order valence-corrected chi connectivity index (χ0v) is 17.1. The van der Waals surface area contributed by atoms with Gasteiger partial charge in [-0.1, -0.05) is 6.92 Å². The van der Waals surface area contributed by atoms with Crippen molar-refractivity contribution < 1.29 is 0 Å². The Morgan fingerprint density at radius 2 is 2.18 bits per heavy atom. The second-order valence-electron chi connectivity index (χ2n) is 5.18. The van der Waals surface area contributed by atoms with Gasteiger partial charge in [-0.05, 0) is 43.8 Å². The van der Waals surface area contributed by atoms with Gasteiger partial charge in [0.2, 0.25) is 0 Å². The SMILES string of the molecule is CCNC(=NCC(C)Cn1cccn1)NCCCCSC.I. The van der Waals surface area contributed by atoms with E-state index in [0.717, 1.165) is 32.1 Å². The Hall–Kier alpha value is -0.440. The van der Waals surface area contributed by atoms with Crippen molar-refractivity contribution in [3.05, 3.63) is 18.5 Å². The molecule has 128 valence electrons. The number of nitrogens with one attached hydrogen (secondary N) is 2. The van der Waals surface area contributed by atoms with Crippen LogP contribution >= 0.6 is 35.7 Å². The third kappa shape index (κ3) is 10.3. The number of hydrogen-bond donors (Lipinski definition) is 2. The van der Waals surface area contributed by atoms with E-state index in [1.165, 1.54) is 18.6 Å². The highest BCUT2D eigenvalue weighted by Gasteiger charge is 2.04. The van der Waals surface area contributed by atoms with Gasteiger partial charge in [0, 0.05) is 38.6 Å². The number of unbranched alkanes of at least 4 members (excludes halogenated alkanes) is 1. The number of halogens is 1. The molecule has 0 aliphatic rings. The number of nitrogens with zero attached hydrogens (tertiary/aromatic N) is 3.